The summed E-state index contributed by atoms with van der Waals surface area (Å²) in [5.41, 5.74) is 0. The van der Waals surface area contributed by atoms with Crippen LogP contribution in [-0.2, 0) is 17.2 Å². The third-order valence-electron chi connectivity index (χ3n) is 3.21. The Bertz CT molecular complexity index is 334. The number of ether oxygens (including phenoxy) is 1. The minimum atomic E-state index is 0.420. The molecule has 1 aromatic heterocycles. The summed E-state index contributed by atoms with van der Waals surface area (Å²) in [5.74, 6) is 2.95. The lowest BCUT2D eigenvalue weighted by molar-refractivity contribution is 0.185. The van der Waals surface area contributed by atoms with Crippen LogP contribution < -0.4 is 0 Å². The van der Waals surface area contributed by atoms with Gasteiger partial charge in [0.25, 0.3) is 0 Å². The summed E-state index contributed by atoms with van der Waals surface area (Å²) in [6.45, 7) is 1.49. The molecule has 1 aliphatic carbocycles. The first kappa shape index (κ1) is 11.9. The molecule has 0 spiro atoms. The average molecular weight is 244 g/mol. The molecule has 1 fully saturated rings. The number of hydrogen-bond donors (Lipinski definition) is 0. The Morgan fingerprint density at radius 3 is 2.75 bits per heavy atom. The van der Waals surface area contributed by atoms with E-state index in [1.807, 2.05) is 0 Å². The SMILES string of the molecule is COCCn1c(CCl)nnc1C1CCCC1. The Labute approximate surface area is 101 Å². The number of hydrogen-bond acceptors (Lipinski definition) is 3. The summed E-state index contributed by atoms with van der Waals surface area (Å²) < 4.78 is 7.24. The molecule has 1 saturated carbocycles. The van der Waals surface area contributed by atoms with Gasteiger partial charge < -0.3 is 9.30 Å². The Morgan fingerprint density at radius 2 is 2.12 bits per heavy atom. The van der Waals surface area contributed by atoms with Crippen molar-refractivity contribution in [3.05, 3.63) is 11.6 Å². The van der Waals surface area contributed by atoms with Crippen LogP contribution in [0.15, 0.2) is 0 Å². The van der Waals surface area contributed by atoms with Crippen molar-refractivity contribution in [2.75, 3.05) is 13.7 Å². The van der Waals surface area contributed by atoms with Crippen molar-refractivity contribution >= 4 is 11.6 Å². The zero-order valence-electron chi connectivity index (χ0n) is 9.65. The van der Waals surface area contributed by atoms with Gasteiger partial charge in [0.1, 0.15) is 11.6 Å². The quantitative estimate of drug-likeness (QED) is 0.746. The average Bonchev–Trinajstić information content (AvgIpc) is 2.94. The summed E-state index contributed by atoms with van der Waals surface area (Å²) in [6.07, 6.45) is 5.07. The van der Waals surface area contributed by atoms with E-state index in [-0.39, 0.29) is 0 Å². The highest BCUT2D eigenvalue weighted by Crippen LogP contribution is 2.33. The number of aromatic nitrogens is 3. The zero-order chi connectivity index (χ0) is 11.4. The molecular weight excluding hydrogens is 226 g/mol. The molecule has 0 amide bonds. The third kappa shape index (κ3) is 2.38. The van der Waals surface area contributed by atoms with E-state index in [2.05, 4.69) is 14.8 Å². The van der Waals surface area contributed by atoms with Gasteiger partial charge in [-0.1, -0.05) is 12.8 Å². The number of rotatable bonds is 5. The molecule has 5 heteroatoms. The van der Waals surface area contributed by atoms with Crippen LogP contribution in [0.25, 0.3) is 0 Å². The number of halogens is 1. The van der Waals surface area contributed by atoms with E-state index in [1.165, 1.54) is 25.7 Å². The summed E-state index contributed by atoms with van der Waals surface area (Å²) in [7, 11) is 1.71. The Morgan fingerprint density at radius 1 is 1.38 bits per heavy atom. The van der Waals surface area contributed by atoms with Gasteiger partial charge >= 0.3 is 0 Å². The summed E-state index contributed by atoms with van der Waals surface area (Å²) in [6, 6.07) is 0. The first-order valence-electron chi connectivity index (χ1n) is 5.83. The van der Waals surface area contributed by atoms with Crippen LogP contribution in [0, 0.1) is 0 Å². The highest BCUT2D eigenvalue weighted by atomic mass is 35.5. The van der Waals surface area contributed by atoms with Gasteiger partial charge in [-0.05, 0) is 12.8 Å². The van der Waals surface area contributed by atoms with Crippen molar-refractivity contribution < 1.29 is 4.74 Å². The van der Waals surface area contributed by atoms with Gasteiger partial charge in [-0.2, -0.15) is 0 Å². The Kier molecular flexibility index (Phi) is 4.18. The number of methoxy groups -OCH3 is 1. The lowest BCUT2D eigenvalue weighted by Gasteiger charge is -2.12. The molecule has 0 bridgehead atoms. The normalized spacial score (nSPS) is 17.1. The van der Waals surface area contributed by atoms with Crippen LogP contribution in [0.4, 0.5) is 0 Å². The van der Waals surface area contributed by atoms with Crippen molar-refractivity contribution in [3.8, 4) is 0 Å². The van der Waals surface area contributed by atoms with Crippen LogP contribution in [0.5, 0.6) is 0 Å². The molecule has 0 aromatic carbocycles. The van der Waals surface area contributed by atoms with E-state index in [9.17, 15) is 0 Å². The monoisotopic (exact) mass is 243 g/mol. The Balaban J connectivity index is 2.18. The van der Waals surface area contributed by atoms with E-state index < -0.39 is 0 Å². The number of alkyl halides is 1. The number of nitrogens with zero attached hydrogens (tertiary/aromatic N) is 3. The van der Waals surface area contributed by atoms with Gasteiger partial charge in [0.15, 0.2) is 0 Å². The van der Waals surface area contributed by atoms with Gasteiger partial charge in [0.2, 0.25) is 0 Å². The molecule has 2 rings (SSSR count). The molecule has 0 unspecified atom stereocenters. The van der Waals surface area contributed by atoms with Gasteiger partial charge in [-0.25, -0.2) is 0 Å². The summed E-state index contributed by atoms with van der Waals surface area (Å²) in [4.78, 5) is 0. The second-order valence-corrected chi connectivity index (χ2v) is 4.50. The molecule has 90 valence electrons. The van der Waals surface area contributed by atoms with Crippen LogP contribution in [-0.4, -0.2) is 28.5 Å². The predicted octanol–water partition coefficient (Wildman–Crippen LogP) is 2.32. The van der Waals surface area contributed by atoms with E-state index in [1.54, 1.807) is 7.11 Å². The highest BCUT2D eigenvalue weighted by molar-refractivity contribution is 6.16. The van der Waals surface area contributed by atoms with E-state index in [0.717, 1.165) is 18.2 Å². The minimum absolute atomic E-state index is 0.420. The van der Waals surface area contributed by atoms with E-state index >= 15 is 0 Å². The van der Waals surface area contributed by atoms with Crippen LogP contribution in [0.2, 0.25) is 0 Å². The lowest BCUT2D eigenvalue weighted by atomic mass is 10.1. The van der Waals surface area contributed by atoms with Gasteiger partial charge in [0.05, 0.1) is 12.5 Å². The fraction of sp³-hybridized carbons (Fsp3) is 0.818. The van der Waals surface area contributed by atoms with Gasteiger partial charge in [0, 0.05) is 19.6 Å². The van der Waals surface area contributed by atoms with E-state index in [0.29, 0.717) is 18.4 Å². The standard InChI is InChI=1S/C11H18ClN3O/c1-16-7-6-15-10(8-12)13-14-11(15)9-4-2-3-5-9/h9H,2-8H2,1H3. The molecule has 1 aliphatic rings. The van der Waals surface area contributed by atoms with Gasteiger partial charge in [-0.15, -0.1) is 21.8 Å². The fourth-order valence-corrected chi connectivity index (χ4v) is 2.56. The molecule has 0 radical (unpaired) electrons. The van der Waals surface area contributed by atoms with Crippen LogP contribution in [0.1, 0.15) is 43.3 Å². The topological polar surface area (TPSA) is 39.9 Å². The second kappa shape index (κ2) is 5.64. The molecule has 0 atom stereocenters. The molecule has 0 aliphatic heterocycles. The van der Waals surface area contributed by atoms with Crippen molar-refractivity contribution in [3.63, 3.8) is 0 Å². The van der Waals surface area contributed by atoms with Crippen molar-refractivity contribution in [1.82, 2.24) is 14.8 Å². The predicted molar refractivity (Wildman–Crippen MR) is 62.7 cm³/mol. The summed E-state index contributed by atoms with van der Waals surface area (Å²) >= 11 is 5.87. The molecule has 4 nitrogen and oxygen atoms in total. The molecule has 0 N–H and O–H groups in total. The molecule has 1 heterocycles. The van der Waals surface area contributed by atoms with Crippen molar-refractivity contribution in [2.45, 2.75) is 44.0 Å². The first-order chi connectivity index (χ1) is 7.86. The summed E-state index contributed by atoms with van der Waals surface area (Å²) in [5, 5.41) is 8.45. The minimum Gasteiger partial charge on any atom is -0.383 e. The highest BCUT2D eigenvalue weighted by Gasteiger charge is 2.23. The largest absolute Gasteiger partial charge is 0.383 e. The lowest BCUT2D eigenvalue weighted by Crippen LogP contribution is -2.13. The smallest absolute Gasteiger partial charge is 0.148 e. The van der Waals surface area contributed by atoms with Crippen LogP contribution >= 0.6 is 11.6 Å². The van der Waals surface area contributed by atoms with Crippen molar-refractivity contribution in [1.29, 1.82) is 0 Å². The molecule has 1 aromatic rings. The third-order valence-corrected chi connectivity index (χ3v) is 3.45. The van der Waals surface area contributed by atoms with Crippen LogP contribution in [0.3, 0.4) is 0 Å². The Hall–Kier alpha value is -0.610. The molecule has 16 heavy (non-hydrogen) atoms. The molecular formula is C11H18ClN3O. The zero-order valence-corrected chi connectivity index (χ0v) is 10.4. The molecule has 0 saturated heterocycles. The first-order valence-corrected chi connectivity index (χ1v) is 6.37. The van der Waals surface area contributed by atoms with E-state index in [4.69, 9.17) is 16.3 Å². The van der Waals surface area contributed by atoms with Gasteiger partial charge in [-0.3, -0.25) is 0 Å². The fourth-order valence-electron chi connectivity index (χ4n) is 2.36. The van der Waals surface area contributed by atoms with Crippen molar-refractivity contribution in [2.24, 2.45) is 0 Å². The second-order valence-electron chi connectivity index (χ2n) is 4.23. The maximum absolute atomic E-state index is 5.87. The maximum Gasteiger partial charge on any atom is 0.148 e. The maximum atomic E-state index is 5.87.